The predicted octanol–water partition coefficient (Wildman–Crippen LogP) is 2.05. The summed E-state index contributed by atoms with van der Waals surface area (Å²) < 4.78 is 48.1. The zero-order chi connectivity index (χ0) is 24.9. The van der Waals surface area contributed by atoms with Gasteiger partial charge in [0, 0.05) is 17.7 Å². The third-order valence-corrected chi connectivity index (χ3v) is 6.82. The van der Waals surface area contributed by atoms with E-state index in [1.54, 1.807) is 0 Å². The van der Waals surface area contributed by atoms with Gasteiger partial charge in [0.25, 0.3) is 5.56 Å². The summed E-state index contributed by atoms with van der Waals surface area (Å²) in [7, 11) is 0. The van der Waals surface area contributed by atoms with E-state index in [1.807, 2.05) is 0 Å². The molecule has 0 aliphatic carbocycles. The molecule has 3 heterocycles. The molecular formula is C24H23F3N4O4. The monoisotopic (exact) mass is 488 g/mol. The summed E-state index contributed by atoms with van der Waals surface area (Å²) in [6, 6.07) is 4.02. The van der Waals surface area contributed by atoms with Crippen LogP contribution in [0.2, 0.25) is 0 Å². The summed E-state index contributed by atoms with van der Waals surface area (Å²) in [6.07, 6.45) is 1.09. The van der Waals surface area contributed by atoms with Crippen LogP contribution < -0.4 is 21.9 Å². The average Bonchev–Trinajstić information content (AvgIpc) is 3.10. The standard InChI is InChI=1S/C24H23F3N4O4/c1-12(16-4-2-14(26)9-18(16)27)28-21(32)20(24-7-6-15(30-24)10-35-11-24)31-22(33)17-8-13(25)3-5-19(17)29-23(31)34/h2-5,8-9,12,15,20,30H,6-7,10-11H2,1H3,(H,28,32)(H,29,34)/t12-,15+,20-,24-/m1/s1. The molecule has 3 aromatic rings. The quantitative estimate of drug-likeness (QED) is 0.510. The molecule has 2 aromatic carbocycles. The lowest BCUT2D eigenvalue weighted by Gasteiger charge is -2.40. The van der Waals surface area contributed by atoms with Gasteiger partial charge in [0.05, 0.1) is 35.7 Å². The number of aromatic nitrogens is 2. The van der Waals surface area contributed by atoms with Crippen LogP contribution in [0.3, 0.4) is 0 Å². The summed E-state index contributed by atoms with van der Waals surface area (Å²) in [5.41, 5.74) is -2.61. The van der Waals surface area contributed by atoms with E-state index in [-0.39, 0.29) is 29.1 Å². The fourth-order valence-corrected chi connectivity index (χ4v) is 5.17. The van der Waals surface area contributed by atoms with Gasteiger partial charge in [-0.15, -0.1) is 0 Å². The van der Waals surface area contributed by atoms with Gasteiger partial charge in [-0.05, 0) is 44.0 Å². The number of amides is 1. The number of benzene rings is 2. The number of carbonyl (C=O) groups excluding carboxylic acids is 1. The third kappa shape index (κ3) is 4.04. The second kappa shape index (κ2) is 8.65. The SMILES string of the molecule is C[C@@H](NC(=O)[C@@H](n1c(=O)[nH]c2ccc(F)cc2c1=O)[C@@]12CC[C@@H](COC1)N2)c1ccc(F)cc1F. The van der Waals surface area contributed by atoms with Gasteiger partial charge < -0.3 is 20.4 Å². The predicted molar refractivity (Wildman–Crippen MR) is 120 cm³/mol. The topological polar surface area (TPSA) is 105 Å². The molecule has 2 bridgehead atoms. The molecule has 11 heteroatoms. The first-order chi connectivity index (χ1) is 16.7. The molecule has 1 aromatic heterocycles. The third-order valence-electron chi connectivity index (χ3n) is 6.82. The minimum atomic E-state index is -1.39. The van der Waals surface area contributed by atoms with Crippen molar-refractivity contribution in [1.29, 1.82) is 0 Å². The smallest absolute Gasteiger partial charge is 0.329 e. The molecule has 184 valence electrons. The van der Waals surface area contributed by atoms with E-state index in [0.717, 1.165) is 22.8 Å². The zero-order valence-corrected chi connectivity index (χ0v) is 18.7. The summed E-state index contributed by atoms with van der Waals surface area (Å²) >= 11 is 0. The number of fused-ring (bicyclic) bond motifs is 3. The van der Waals surface area contributed by atoms with Gasteiger partial charge in [-0.1, -0.05) is 6.07 Å². The molecule has 8 nitrogen and oxygen atoms in total. The lowest BCUT2D eigenvalue weighted by molar-refractivity contribution is -0.130. The molecule has 2 aliphatic rings. The molecule has 0 spiro atoms. The highest BCUT2D eigenvalue weighted by Gasteiger charge is 2.52. The highest BCUT2D eigenvalue weighted by molar-refractivity contribution is 5.83. The second-order valence-corrected chi connectivity index (χ2v) is 9.15. The average molecular weight is 488 g/mol. The lowest BCUT2D eigenvalue weighted by Crippen LogP contribution is -2.64. The molecule has 35 heavy (non-hydrogen) atoms. The summed E-state index contributed by atoms with van der Waals surface area (Å²) in [6.45, 7) is 1.98. The first-order valence-electron chi connectivity index (χ1n) is 11.2. The van der Waals surface area contributed by atoms with E-state index in [4.69, 9.17) is 4.74 Å². The van der Waals surface area contributed by atoms with Gasteiger partial charge >= 0.3 is 5.69 Å². The van der Waals surface area contributed by atoms with Crippen molar-refractivity contribution in [2.75, 3.05) is 13.2 Å². The number of aromatic amines is 1. The molecule has 3 N–H and O–H groups in total. The van der Waals surface area contributed by atoms with Crippen molar-refractivity contribution >= 4 is 16.8 Å². The largest absolute Gasteiger partial charge is 0.378 e. The van der Waals surface area contributed by atoms with E-state index < -0.39 is 52.2 Å². The van der Waals surface area contributed by atoms with Gasteiger partial charge in [0.1, 0.15) is 23.5 Å². The van der Waals surface area contributed by atoms with Crippen molar-refractivity contribution in [2.45, 2.75) is 43.4 Å². The number of nitrogens with one attached hydrogen (secondary N) is 3. The maximum absolute atomic E-state index is 14.3. The molecule has 5 rings (SSSR count). The zero-order valence-electron chi connectivity index (χ0n) is 18.7. The number of carbonyl (C=O) groups is 1. The lowest BCUT2D eigenvalue weighted by atomic mass is 9.87. The second-order valence-electron chi connectivity index (χ2n) is 9.15. The normalized spacial score (nSPS) is 23.3. The number of halogens is 3. The summed E-state index contributed by atoms with van der Waals surface area (Å²) in [4.78, 5) is 42.8. The van der Waals surface area contributed by atoms with Crippen LogP contribution in [0.4, 0.5) is 13.2 Å². The summed E-state index contributed by atoms with van der Waals surface area (Å²) in [5.74, 6) is -3.01. The van der Waals surface area contributed by atoms with Crippen molar-refractivity contribution in [3.05, 3.63) is 80.3 Å². The fourth-order valence-electron chi connectivity index (χ4n) is 5.17. The number of morpholine rings is 1. The van der Waals surface area contributed by atoms with Crippen LogP contribution in [-0.4, -0.2) is 40.3 Å². The Morgan fingerprint density at radius 1 is 1.17 bits per heavy atom. The number of rotatable bonds is 5. The van der Waals surface area contributed by atoms with E-state index in [9.17, 15) is 27.6 Å². The van der Waals surface area contributed by atoms with E-state index in [2.05, 4.69) is 15.6 Å². The molecule has 1 amide bonds. The van der Waals surface area contributed by atoms with Crippen LogP contribution in [0.15, 0.2) is 46.0 Å². The molecule has 0 unspecified atom stereocenters. The van der Waals surface area contributed by atoms with Gasteiger partial charge in [-0.2, -0.15) is 0 Å². The van der Waals surface area contributed by atoms with Crippen LogP contribution in [0.5, 0.6) is 0 Å². The van der Waals surface area contributed by atoms with Crippen molar-refractivity contribution in [3.63, 3.8) is 0 Å². The maximum Gasteiger partial charge on any atom is 0.329 e. The van der Waals surface area contributed by atoms with Crippen LogP contribution in [0.25, 0.3) is 10.9 Å². The molecule has 2 saturated heterocycles. The Morgan fingerprint density at radius 2 is 1.91 bits per heavy atom. The Kier molecular flexibility index (Phi) is 5.76. The number of nitrogens with zero attached hydrogens (tertiary/aromatic N) is 1. The first kappa shape index (κ1) is 23.3. The first-order valence-corrected chi connectivity index (χ1v) is 11.2. The molecule has 0 radical (unpaired) electrons. The Hall–Kier alpha value is -3.44. The Labute approximate surface area is 197 Å². The molecule has 2 aliphatic heterocycles. The van der Waals surface area contributed by atoms with Crippen molar-refractivity contribution in [2.24, 2.45) is 0 Å². The molecule has 4 atom stereocenters. The minimum absolute atomic E-state index is 0.0370. The number of hydrogen-bond donors (Lipinski definition) is 3. The number of ether oxygens (including phenoxy) is 1. The van der Waals surface area contributed by atoms with Crippen molar-refractivity contribution in [3.8, 4) is 0 Å². The molecular weight excluding hydrogens is 465 g/mol. The Balaban J connectivity index is 1.62. The van der Waals surface area contributed by atoms with E-state index in [1.165, 1.54) is 19.1 Å². The van der Waals surface area contributed by atoms with Crippen molar-refractivity contribution in [1.82, 2.24) is 20.2 Å². The highest BCUT2D eigenvalue weighted by atomic mass is 19.1. The van der Waals surface area contributed by atoms with Gasteiger partial charge in [-0.25, -0.2) is 22.5 Å². The van der Waals surface area contributed by atoms with Crippen LogP contribution in [-0.2, 0) is 9.53 Å². The highest BCUT2D eigenvalue weighted by Crippen LogP contribution is 2.37. The number of hydrogen-bond acceptors (Lipinski definition) is 5. The van der Waals surface area contributed by atoms with Gasteiger partial charge in [0.2, 0.25) is 5.91 Å². The van der Waals surface area contributed by atoms with Crippen LogP contribution in [0.1, 0.15) is 37.4 Å². The van der Waals surface area contributed by atoms with Crippen LogP contribution in [0, 0.1) is 17.5 Å². The number of H-pyrrole nitrogens is 1. The van der Waals surface area contributed by atoms with Gasteiger partial charge in [-0.3, -0.25) is 9.59 Å². The van der Waals surface area contributed by atoms with Crippen molar-refractivity contribution < 1.29 is 22.7 Å². The Morgan fingerprint density at radius 3 is 2.69 bits per heavy atom. The van der Waals surface area contributed by atoms with Gasteiger partial charge in [0.15, 0.2) is 0 Å². The maximum atomic E-state index is 14.3. The van der Waals surface area contributed by atoms with E-state index in [0.29, 0.717) is 25.5 Å². The van der Waals surface area contributed by atoms with Crippen LogP contribution >= 0.6 is 0 Å². The summed E-state index contributed by atoms with van der Waals surface area (Å²) in [5, 5.41) is 5.90. The molecule has 0 saturated carbocycles. The Bertz CT molecular complexity index is 1430. The minimum Gasteiger partial charge on any atom is -0.378 e. The van der Waals surface area contributed by atoms with E-state index >= 15 is 0 Å². The fraction of sp³-hybridized carbons (Fsp3) is 0.375. The molecule has 2 fully saturated rings.